The summed E-state index contributed by atoms with van der Waals surface area (Å²) in [7, 11) is 1.83. The fourth-order valence-electron chi connectivity index (χ4n) is 3.66. The molecule has 0 spiro atoms. The van der Waals surface area contributed by atoms with Crippen LogP contribution < -0.4 is 10.6 Å². The standard InChI is InChI=1S/C25H24FN5O2/c1-15-10-18(6-9-20(15)26)12-28-25(33)23-24-22(29-14-30-23)21(13-31(24)3)27-11-17-4-7-19(8-5-17)16(2)32/h4-10,13-14,27H,11-12H2,1-3H3,(H,28,33). The average molecular weight is 445 g/mol. The second-order valence-electron chi connectivity index (χ2n) is 7.95. The zero-order valence-electron chi connectivity index (χ0n) is 18.6. The number of aryl methyl sites for hydroxylation is 2. The average Bonchev–Trinajstić information content (AvgIpc) is 3.14. The van der Waals surface area contributed by atoms with Crippen LogP contribution in [0, 0.1) is 12.7 Å². The van der Waals surface area contributed by atoms with Crippen molar-refractivity contribution in [2.75, 3.05) is 5.32 Å². The van der Waals surface area contributed by atoms with Gasteiger partial charge in [-0.3, -0.25) is 9.59 Å². The van der Waals surface area contributed by atoms with Crippen molar-refractivity contribution < 1.29 is 14.0 Å². The van der Waals surface area contributed by atoms with Crippen molar-refractivity contribution in [2.24, 2.45) is 7.05 Å². The molecule has 0 unspecified atom stereocenters. The molecule has 0 saturated heterocycles. The summed E-state index contributed by atoms with van der Waals surface area (Å²) in [6.07, 6.45) is 3.23. The molecule has 0 saturated carbocycles. The first-order valence-electron chi connectivity index (χ1n) is 10.5. The number of benzene rings is 2. The van der Waals surface area contributed by atoms with Crippen molar-refractivity contribution in [1.82, 2.24) is 19.9 Å². The summed E-state index contributed by atoms with van der Waals surface area (Å²) >= 11 is 0. The van der Waals surface area contributed by atoms with Gasteiger partial charge in [0.25, 0.3) is 5.91 Å². The number of aromatic nitrogens is 3. The summed E-state index contributed by atoms with van der Waals surface area (Å²) in [5.41, 5.74) is 5.30. The minimum atomic E-state index is -0.336. The summed E-state index contributed by atoms with van der Waals surface area (Å²) < 4.78 is 15.3. The Morgan fingerprint density at radius 1 is 1.03 bits per heavy atom. The number of hydrogen-bond acceptors (Lipinski definition) is 5. The topological polar surface area (TPSA) is 88.9 Å². The normalized spacial score (nSPS) is 10.9. The molecule has 7 nitrogen and oxygen atoms in total. The molecule has 8 heteroatoms. The van der Waals surface area contributed by atoms with Gasteiger partial charge < -0.3 is 15.2 Å². The summed E-state index contributed by atoms with van der Waals surface area (Å²) in [5.74, 6) is -0.584. The Morgan fingerprint density at radius 2 is 1.76 bits per heavy atom. The van der Waals surface area contributed by atoms with E-state index in [1.165, 1.54) is 19.3 Å². The lowest BCUT2D eigenvalue weighted by Crippen LogP contribution is -2.24. The lowest BCUT2D eigenvalue weighted by atomic mass is 10.1. The van der Waals surface area contributed by atoms with Crippen molar-refractivity contribution in [2.45, 2.75) is 26.9 Å². The minimum Gasteiger partial charge on any atom is -0.378 e. The van der Waals surface area contributed by atoms with Gasteiger partial charge in [0.2, 0.25) is 0 Å². The third kappa shape index (κ3) is 4.74. The molecule has 0 aliphatic heterocycles. The van der Waals surface area contributed by atoms with Gasteiger partial charge in [-0.2, -0.15) is 0 Å². The van der Waals surface area contributed by atoms with E-state index in [-0.39, 0.29) is 29.7 Å². The zero-order chi connectivity index (χ0) is 23.5. The molecule has 1 amide bonds. The van der Waals surface area contributed by atoms with Crippen LogP contribution >= 0.6 is 0 Å². The third-order valence-corrected chi connectivity index (χ3v) is 5.49. The first kappa shape index (κ1) is 22.1. The lowest BCUT2D eigenvalue weighted by molar-refractivity contribution is 0.0946. The third-order valence-electron chi connectivity index (χ3n) is 5.49. The smallest absolute Gasteiger partial charge is 0.272 e. The van der Waals surface area contributed by atoms with Crippen LogP contribution in [0.5, 0.6) is 0 Å². The molecule has 0 aliphatic carbocycles. The Morgan fingerprint density at radius 3 is 2.45 bits per heavy atom. The number of amides is 1. The molecular weight excluding hydrogens is 421 g/mol. The van der Waals surface area contributed by atoms with Crippen LogP contribution in [-0.2, 0) is 20.1 Å². The van der Waals surface area contributed by atoms with Crippen molar-refractivity contribution in [3.63, 3.8) is 0 Å². The molecule has 2 N–H and O–H groups in total. The molecular formula is C25H24FN5O2. The summed E-state index contributed by atoms with van der Waals surface area (Å²) in [5, 5.41) is 6.20. The van der Waals surface area contributed by atoms with E-state index in [2.05, 4.69) is 20.6 Å². The highest BCUT2D eigenvalue weighted by Gasteiger charge is 2.18. The highest BCUT2D eigenvalue weighted by atomic mass is 19.1. The number of Topliss-reactive ketones (excluding diaryl/α,β-unsaturated/α-hetero) is 1. The van der Waals surface area contributed by atoms with Crippen LogP contribution in [-0.4, -0.2) is 26.2 Å². The number of halogens is 1. The predicted octanol–water partition coefficient (Wildman–Crippen LogP) is 4.16. The number of ketones is 1. The van der Waals surface area contributed by atoms with E-state index in [4.69, 9.17) is 0 Å². The molecule has 4 aromatic rings. The van der Waals surface area contributed by atoms with Gasteiger partial charge >= 0.3 is 0 Å². The number of nitrogens with one attached hydrogen (secondary N) is 2. The van der Waals surface area contributed by atoms with Crippen LogP contribution in [0.15, 0.2) is 55.0 Å². The van der Waals surface area contributed by atoms with Gasteiger partial charge in [0.1, 0.15) is 23.2 Å². The highest BCUT2D eigenvalue weighted by molar-refractivity contribution is 6.06. The summed E-state index contributed by atoms with van der Waals surface area (Å²) in [6.45, 7) is 4.02. The van der Waals surface area contributed by atoms with E-state index < -0.39 is 0 Å². The molecule has 4 rings (SSSR count). The molecule has 0 radical (unpaired) electrons. The molecule has 0 atom stereocenters. The number of carbonyl (C=O) groups is 2. The van der Waals surface area contributed by atoms with Crippen LogP contribution in [0.1, 0.15) is 44.5 Å². The SMILES string of the molecule is CC(=O)c1ccc(CNc2cn(C)c3c(C(=O)NCc4ccc(F)c(C)c4)ncnc23)cc1. The van der Waals surface area contributed by atoms with Gasteiger partial charge in [0.05, 0.1) is 5.69 Å². The van der Waals surface area contributed by atoms with E-state index in [1.54, 1.807) is 31.2 Å². The van der Waals surface area contributed by atoms with Gasteiger partial charge in [-0.15, -0.1) is 0 Å². The van der Waals surface area contributed by atoms with Crippen LogP contribution in [0.25, 0.3) is 11.0 Å². The van der Waals surface area contributed by atoms with Crippen molar-refractivity contribution >= 4 is 28.4 Å². The molecule has 0 aliphatic rings. The fourth-order valence-corrected chi connectivity index (χ4v) is 3.66. The van der Waals surface area contributed by atoms with Crippen molar-refractivity contribution in [3.8, 4) is 0 Å². The fraction of sp³-hybridized carbons (Fsp3) is 0.200. The minimum absolute atomic E-state index is 0.0284. The number of carbonyl (C=O) groups excluding carboxylic acids is 2. The lowest BCUT2D eigenvalue weighted by Gasteiger charge is -2.08. The first-order chi connectivity index (χ1) is 15.8. The Kier molecular flexibility index (Phi) is 6.17. The Hall–Kier alpha value is -4.07. The van der Waals surface area contributed by atoms with Gasteiger partial charge in [-0.1, -0.05) is 36.4 Å². The maximum absolute atomic E-state index is 13.5. The molecule has 33 heavy (non-hydrogen) atoms. The van der Waals surface area contributed by atoms with Gasteiger partial charge in [0, 0.05) is 31.9 Å². The zero-order valence-corrected chi connectivity index (χ0v) is 18.6. The van der Waals surface area contributed by atoms with Crippen LogP contribution in [0.2, 0.25) is 0 Å². The van der Waals surface area contributed by atoms with Gasteiger partial charge in [-0.25, -0.2) is 14.4 Å². The first-order valence-corrected chi connectivity index (χ1v) is 10.5. The van der Waals surface area contributed by atoms with Gasteiger partial charge in [-0.05, 0) is 36.6 Å². The number of nitrogens with zero attached hydrogens (tertiary/aromatic N) is 3. The second-order valence-corrected chi connectivity index (χ2v) is 7.95. The molecule has 0 fully saturated rings. The van der Waals surface area contributed by atoms with E-state index in [0.29, 0.717) is 28.7 Å². The predicted molar refractivity (Wildman–Crippen MR) is 125 cm³/mol. The van der Waals surface area contributed by atoms with E-state index in [0.717, 1.165) is 16.8 Å². The van der Waals surface area contributed by atoms with Crippen LogP contribution in [0.3, 0.4) is 0 Å². The van der Waals surface area contributed by atoms with Gasteiger partial charge in [0.15, 0.2) is 11.5 Å². The Labute approximate surface area is 190 Å². The van der Waals surface area contributed by atoms with E-state index in [1.807, 2.05) is 29.9 Å². The second kappa shape index (κ2) is 9.20. The molecule has 2 aromatic heterocycles. The Bertz CT molecular complexity index is 1350. The van der Waals surface area contributed by atoms with Crippen molar-refractivity contribution in [1.29, 1.82) is 0 Å². The summed E-state index contributed by atoms with van der Waals surface area (Å²) in [6, 6.07) is 12.2. The van der Waals surface area contributed by atoms with Crippen LogP contribution in [0.4, 0.5) is 10.1 Å². The maximum Gasteiger partial charge on any atom is 0.272 e. The number of rotatable bonds is 7. The van der Waals surface area contributed by atoms with E-state index in [9.17, 15) is 14.0 Å². The number of hydrogen-bond donors (Lipinski definition) is 2. The van der Waals surface area contributed by atoms with Crippen molar-refractivity contribution in [3.05, 3.63) is 88.8 Å². The molecule has 168 valence electrons. The number of anilines is 1. The monoisotopic (exact) mass is 445 g/mol. The van der Waals surface area contributed by atoms with E-state index >= 15 is 0 Å². The Balaban J connectivity index is 1.51. The molecule has 2 heterocycles. The summed E-state index contributed by atoms with van der Waals surface area (Å²) in [4.78, 5) is 32.9. The largest absolute Gasteiger partial charge is 0.378 e. The quantitative estimate of drug-likeness (QED) is 0.417. The number of fused-ring (bicyclic) bond motifs is 1. The molecule has 2 aromatic carbocycles. The molecule has 0 bridgehead atoms. The highest BCUT2D eigenvalue weighted by Crippen LogP contribution is 2.25. The maximum atomic E-state index is 13.5.